The third kappa shape index (κ3) is 4.54. The molecule has 0 unspecified atom stereocenters. The lowest BCUT2D eigenvalue weighted by Crippen LogP contribution is -2.44. The van der Waals surface area contributed by atoms with Crippen LogP contribution in [0.25, 0.3) is 0 Å². The number of urea groups is 1. The van der Waals surface area contributed by atoms with Gasteiger partial charge >= 0.3 is 6.03 Å². The highest BCUT2D eigenvalue weighted by atomic mass is 35.5. The van der Waals surface area contributed by atoms with Crippen LogP contribution in [0, 0.1) is 0 Å². The van der Waals surface area contributed by atoms with Crippen LogP contribution in [0.4, 0.5) is 10.5 Å². The van der Waals surface area contributed by atoms with E-state index in [2.05, 4.69) is 5.32 Å². The second kappa shape index (κ2) is 8.99. The fraction of sp³-hybridized carbons (Fsp3) is 0.364. The minimum absolute atomic E-state index is 0.131. The summed E-state index contributed by atoms with van der Waals surface area (Å²) in [7, 11) is -3.33. The van der Waals surface area contributed by atoms with Gasteiger partial charge in [-0.05, 0) is 42.8 Å². The zero-order chi connectivity index (χ0) is 22.9. The molecule has 0 spiro atoms. The predicted molar refractivity (Wildman–Crippen MR) is 122 cm³/mol. The number of amides is 3. The lowest BCUT2D eigenvalue weighted by Gasteiger charge is -2.22. The fourth-order valence-corrected chi connectivity index (χ4v) is 6.33. The maximum atomic E-state index is 13.2. The average Bonchev–Trinajstić information content (AvgIpc) is 3.18. The van der Waals surface area contributed by atoms with E-state index in [0.29, 0.717) is 23.1 Å². The highest BCUT2D eigenvalue weighted by molar-refractivity contribution is 7.91. The highest BCUT2D eigenvalue weighted by Gasteiger charge is 2.54. The van der Waals surface area contributed by atoms with E-state index in [4.69, 9.17) is 16.3 Å². The van der Waals surface area contributed by atoms with Gasteiger partial charge in [0.05, 0.1) is 30.2 Å². The molecular formula is C22H24ClN3O5S. The van der Waals surface area contributed by atoms with Crippen molar-refractivity contribution in [3.8, 4) is 5.75 Å². The molecule has 0 saturated carbocycles. The number of sulfone groups is 1. The number of nitrogens with one attached hydrogen (secondary N) is 1. The normalized spacial score (nSPS) is 21.5. The summed E-state index contributed by atoms with van der Waals surface area (Å²) < 4.78 is 30.1. The Hall–Kier alpha value is -2.78. The molecule has 2 atom stereocenters. The summed E-state index contributed by atoms with van der Waals surface area (Å²) in [6.07, 6.45) is 0. The molecule has 1 N–H and O–H groups in total. The van der Waals surface area contributed by atoms with Crippen molar-refractivity contribution < 1.29 is 22.7 Å². The molecule has 2 aromatic rings. The van der Waals surface area contributed by atoms with Gasteiger partial charge in [-0.1, -0.05) is 29.8 Å². The molecule has 3 amide bonds. The van der Waals surface area contributed by atoms with Gasteiger partial charge in [0, 0.05) is 17.3 Å². The van der Waals surface area contributed by atoms with Crippen molar-refractivity contribution >= 4 is 39.1 Å². The van der Waals surface area contributed by atoms with Gasteiger partial charge in [0.15, 0.2) is 9.84 Å². The van der Waals surface area contributed by atoms with E-state index in [-0.39, 0.29) is 36.5 Å². The first-order chi connectivity index (χ1) is 15.3. The number of hydrogen-bond acceptors (Lipinski definition) is 5. The van der Waals surface area contributed by atoms with Crippen molar-refractivity contribution in [2.75, 3.05) is 29.6 Å². The van der Waals surface area contributed by atoms with Crippen LogP contribution in [-0.2, 0) is 21.2 Å². The van der Waals surface area contributed by atoms with Crippen LogP contribution < -0.4 is 15.0 Å². The van der Waals surface area contributed by atoms with Gasteiger partial charge < -0.3 is 15.0 Å². The van der Waals surface area contributed by atoms with Gasteiger partial charge in [0.1, 0.15) is 12.3 Å². The summed E-state index contributed by atoms with van der Waals surface area (Å²) >= 11 is 6.13. The van der Waals surface area contributed by atoms with E-state index < -0.39 is 21.9 Å². The summed E-state index contributed by atoms with van der Waals surface area (Å²) in [6, 6.07) is 12.6. The topological polar surface area (TPSA) is 96.0 Å². The lowest BCUT2D eigenvalue weighted by atomic mass is 10.1. The molecular weight excluding hydrogens is 454 g/mol. The minimum Gasteiger partial charge on any atom is -0.494 e. The quantitative estimate of drug-likeness (QED) is 0.618. The third-order valence-corrected chi connectivity index (χ3v) is 7.72. The number of halogens is 1. The molecule has 0 aliphatic carbocycles. The van der Waals surface area contributed by atoms with E-state index in [1.807, 2.05) is 13.0 Å². The second-order valence-electron chi connectivity index (χ2n) is 7.79. The van der Waals surface area contributed by atoms with Crippen molar-refractivity contribution in [2.24, 2.45) is 0 Å². The molecule has 0 bridgehead atoms. The van der Waals surface area contributed by atoms with E-state index in [0.717, 1.165) is 5.56 Å². The summed E-state index contributed by atoms with van der Waals surface area (Å²) in [5, 5.41) is 3.30. The Morgan fingerprint density at radius 3 is 2.50 bits per heavy atom. The van der Waals surface area contributed by atoms with E-state index in [1.54, 1.807) is 42.5 Å². The maximum absolute atomic E-state index is 13.2. The molecule has 2 aromatic carbocycles. The molecule has 8 nitrogen and oxygen atoms in total. The van der Waals surface area contributed by atoms with Gasteiger partial charge in [-0.25, -0.2) is 13.2 Å². The highest BCUT2D eigenvalue weighted by Crippen LogP contribution is 2.35. The van der Waals surface area contributed by atoms with Crippen LogP contribution in [0.5, 0.6) is 5.75 Å². The van der Waals surface area contributed by atoms with Gasteiger partial charge in [0.2, 0.25) is 5.91 Å². The molecule has 0 aromatic heterocycles. The molecule has 2 aliphatic heterocycles. The number of nitrogens with zero attached hydrogens (tertiary/aromatic N) is 2. The summed E-state index contributed by atoms with van der Waals surface area (Å²) in [6.45, 7) is 2.38. The predicted octanol–water partition coefficient (Wildman–Crippen LogP) is 2.46. The molecule has 2 saturated heterocycles. The Balaban J connectivity index is 1.51. The number of carbonyl (C=O) groups excluding carboxylic acids is 2. The summed E-state index contributed by atoms with van der Waals surface area (Å²) in [5.41, 5.74) is 1.33. The Morgan fingerprint density at radius 1 is 1.12 bits per heavy atom. The van der Waals surface area contributed by atoms with Crippen molar-refractivity contribution in [3.63, 3.8) is 0 Å². The number of fused-ring (bicyclic) bond motifs is 1. The van der Waals surface area contributed by atoms with Crippen molar-refractivity contribution in [1.29, 1.82) is 0 Å². The summed E-state index contributed by atoms with van der Waals surface area (Å²) in [4.78, 5) is 28.7. The van der Waals surface area contributed by atoms with Gasteiger partial charge in [-0.15, -0.1) is 0 Å². The maximum Gasteiger partial charge on any atom is 0.325 e. The third-order valence-electron chi connectivity index (χ3n) is 5.65. The fourth-order valence-electron chi connectivity index (χ4n) is 4.18. The van der Waals surface area contributed by atoms with Crippen molar-refractivity contribution in [3.05, 3.63) is 59.1 Å². The molecule has 0 radical (unpaired) electrons. The largest absolute Gasteiger partial charge is 0.494 e. The van der Waals surface area contributed by atoms with Crippen LogP contribution in [-0.4, -0.2) is 62.0 Å². The lowest BCUT2D eigenvalue weighted by molar-refractivity contribution is -0.122. The van der Waals surface area contributed by atoms with Gasteiger partial charge in [-0.2, -0.15) is 0 Å². The van der Waals surface area contributed by atoms with Crippen molar-refractivity contribution in [1.82, 2.24) is 10.2 Å². The van der Waals surface area contributed by atoms with Crippen LogP contribution >= 0.6 is 11.6 Å². The van der Waals surface area contributed by atoms with E-state index in [9.17, 15) is 18.0 Å². The van der Waals surface area contributed by atoms with Crippen LogP contribution in [0.15, 0.2) is 48.5 Å². The molecule has 4 rings (SSSR count). The zero-order valence-corrected chi connectivity index (χ0v) is 19.1. The molecule has 32 heavy (non-hydrogen) atoms. The number of rotatable bonds is 7. The number of hydrogen-bond donors (Lipinski definition) is 1. The second-order valence-corrected chi connectivity index (χ2v) is 10.3. The number of benzene rings is 2. The first kappa shape index (κ1) is 22.4. The average molecular weight is 478 g/mol. The first-order valence-electron chi connectivity index (χ1n) is 10.3. The molecule has 10 heteroatoms. The number of anilines is 1. The smallest absolute Gasteiger partial charge is 0.325 e. The Bertz CT molecular complexity index is 1120. The zero-order valence-electron chi connectivity index (χ0n) is 17.5. The standard InChI is InChI=1S/C22H24ClN3O5S/c1-2-31-17-9-7-16(8-10-17)26-20-14-32(29,30)13-19(20)25(22(26)28)12-21(27)24-11-15-5-3-4-6-18(15)23/h3-10,19-20H,2,11-14H2,1H3,(H,24,27)/t19-,20+/m0/s1. The van der Waals surface area contributed by atoms with Gasteiger partial charge in [0.25, 0.3) is 0 Å². The SMILES string of the molecule is CCOc1ccc(N2C(=O)N(CC(=O)NCc3ccccc3Cl)[C@H]3CS(=O)(=O)C[C@H]32)cc1. The number of ether oxygens (including phenoxy) is 1. The Morgan fingerprint density at radius 2 is 1.81 bits per heavy atom. The molecule has 170 valence electrons. The van der Waals surface area contributed by atoms with E-state index >= 15 is 0 Å². The first-order valence-corrected chi connectivity index (χ1v) is 12.5. The molecule has 2 heterocycles. The number of carbonyl (C=O) groups is 2. The Kier molecular flexibility index (Phi) is 6.30. The van der Waals surface area contributed by atoms with Crippen molar-refractivity contribution in [2.45, 2.75) is 25.6 Å². The van der Waals surface area contributed by atoms with Crippen LogP contribution in [0.1, 0.15) is 12.5 Å². The molecule has 2 fully saturated rings. The van der Waals surface area contributed by atoms with Crippen LogP contribution in [0.3, 0.4) is 0 Å². The van der Waals surface area contributed by atoms with Gasteiger partial charge in [-0.3, -0.25) is 9.69 Å². The van der Waals surface area contributed by atoms with Crippen LogP contribution in [0.2, 0.25) is 5.02 Å². The minimum atomic E-state index is -3.33. The molecule has 2 aliphatic rings. The Labute approximate surface area is 192 Å². The summed E-state index contributed by atoms with van der Waals surface area (Å²) in [5.74, 6) is -0.00697. The monoisotopic (exact) mass is 477 g/mol. The van der Waals surface area contributed by atoms with E-state index in [1.165, 1.54) is 9.80 Å².